The molecule has 0 aliphatic carbocycles. The maximum atomic E-state index is 12.5. The predicted octanol–water partition coefficient (Wildman–Crippen LogP) is 3.82. The van der Waals surface area contributed by atoms with Gasteiger partial charge >= 0.3 is 0 Å². The fourth-order valence-corrected chi connectivity index (χ4v) is 2.83. The first-order chi connectivity index (χ1) is 14.2. The van der Waals surface area contributed by atoms with Crippen LogP contribution in [0.2, 0.25) is 0 Å². The number of hydrogen-bond acceptors (Lipinski definition) is 7. The predicted molar refractivity (Wildman–Crippen MR) is 108 cm³/mol. The average Bonchev–Trinajstić information content (AvgIpc) is 3.22. The summed E-state index contributed by atoms with van der Waals surface area (Å²) in [5, 5.41) is 6.01. The van der Waals surface area contributed by atoms with Crippen LogP contribution in [0.4, 0.5) is 17.1 Å². The molecule has 2 heterocycles. The van der Waals surface area contributed by atoms with Crippen molar-refractivity contribution in [2.45, 2.75) is 0 Å². The number of ether oxygens (including phenoxy) is 4. The minimum Gasteiger partial charge on any atom is -0.497 e. The van der Waals surface area contributed by atoms with Gasteiger partial charge in [-0.3, -0.25) is 4.79 Å². The SMILES string of the molecule is COc1ccc(Nc2ccc(C(=O)Nc3ccc4c(c3)OCO4)nc2)c(OC)c1. The maximum Gasteiger partial charge on any atom is 0.274 e. The van der Waals surface area contributed by atoms with Gasteiger partial charge < -0.3 is 29.6 Å². The summed E-state index contributed by atoms with van der Waals surface area (Å²) in [6.07, 6.45) is 1.58. The lowest BCUT2D eigenvalue weighted by Gasteiger charge is -2.12. The van der Waals surface area contributed by atoms with Crippen LogP contribution in [-0.4, -0.2) is 31.9 Å². The van der Waals surface area contributed by atoms with E-state index in [4.69, 9.17) is 18.9 Å². The molecule has 0 fully saturated rings. The molecule has 1 aliphatic rings. The summed E-state index contributed by atoms with van der Waals surface area (Å²) in [7, 11) is 3.18. The molecule has 1 amide bonds. The second-order valence-corrected chi connectivity index (χ2v) is 6.15. The molecule has 8 nitrogen and oxygen atoms in total. The molecule has 2 N–H and O–H groups in total. The third-order valence-corrected chi connectivity index (χ3v) is 4.31. The number of hydrogen-bond donors (Lipinski definition) is 2. The Morgan fingerprint density at radius 1 is 0.966 bits per heavy atom. The van der Waals surface area contributed by atoms with Gasteiger partial charge in [-0.15, -0.1) is 0 Å². The van der Waals surface area contributed by atoms with E-state index in [0.717, 1.165) is 5.69 Å². The maximum absolute atomic E-state index is 12.5. The van der Waals surface area contributed by atoms with Crippen molar-refractivity contribution in [1.82, 2.24) is 4.98 Å². The van der Waals surface area contributed by atoms with E-state index in [-0.39, 0.29) is 18.4 Å². The second kappa shape index (κ2) is 7.97. The Bertz CT molecular complexity index is 1040. The summed E-state index contributed by atoms with van der Waals surface area (Å²) in [5.41, 5.74) is 2.36. The number of anilines is 3. The van der Waals surface area contributed by atoms with Crippen molar-refractivity contribution in [2.24, 2.45) is 0 Å². The molecule has 0 unspecified atom stereocenters. The summed E-state index contributed by atoms with van der Waals surface area (Å²) < 4.78 is 21.2. The summed E-state index contributed by atoms with van der Waals surface area (Å²) in [4.78, 5) is 16.7. The van der Waals surface area contributed by atoms with Gasteiger partial charge in [0.15, 0.2) is 11.5 Å². The number of nitrogens with one attached hydrogen (secondary N) is 2. The minimum absolute atomic E-state index is 0.182. The Hall–Kier alpha value is -3.94. The van der Waals surface area contributed by atoms with E-state index >= 15 is 0 Å². The summed E-state index contributed by atoms with van der Waals surface area (Å²) in [6, 6.07) is 14.1. The monoisotopic (exact) mass is 393 g/mol. The largest absolute Gasteiger partial charge is 0.497 e. The highest BCUT2D eigenvalue weighted by Gasteiger charge is 2.15. The zero-order chi connectivity index (χ0) is 20.2. The molecule has 0 saturated carbocycles. The van der Waals surface area contributed by atoms with Crippen LogP contribution < -0.4 is 29.6 Å². The number of rotatable bonds is 6. The smallest absolute Gasteiger partial charge is 0.274 e. The van der Waals surface area contributed by atoms with Crippen molar-refractivity contribution in [3.8, 4) is 23.0 Å². The van der Waals surface area contributed by atoms with Crippen LogP contribution in [0.25, 0.3) is 0 Å². The molecule has 1 aromatic heterocycles. The zero-order valence-corrected chi connectivity index (χ0v) is 15.9. The van der Waals surface area contributed by atoms with E-state index in [1.165, 1.54) is 0 Å². The highest BCUT2D eigenvalue weighted by atomic mass is 16.7. The average molecular weight is 393 g/mol. The zero-order valence-electron chi connectivity index (χ0n) is 15.9. The molecule has 0 saturated heterocycles. The Morgan fingerprint density at radius 2 is 1.79 bits per heavy atom. The minimum atomic E-state index is -0.322. The number of carbonyl (C=O) groups excluding carboxylic acids is 1. The van der Waals surface area contributed by atoms with E-state index in [2.05, 4.69) is 15.6 Å². The van der Waals surface area contributed by atoms with Crippen LogP contribution in [0.15, 0.2) is 54.7 Å². The molecular formula is C21H19N3O5. The lowest BCUT2D eigenvalue weighted by molar-refractivity contribution is 0.102. The lowest BCUT2D eigenvalue weighted by Crippen LogP contribution is -2.13. The Balaban J connectivity index is 1.44. The molecule has 0 radical (unpaired) electrons. The third-order valence-electron chi connectivity index (χ3n) is 4.31. The quantitative estimate of drug-likeness (QED) is 0.658. The molecule has 0 spiro atoms. The Kier molecular flexibility index (Phi) is 5.07. The van der Waals surface area contributed by atoms with Crippen LogP contribution in [0, 0.1) is 0 Å². The van der Waals surface area contributed by atoms with Gasteiger partial charge in [0.1, 0.15) is 17.2 Å². The number of fused-ring (bicyclic) bond motifs is 1. The first-order valence-electron chi connectivity index (χ1n) is 8.82. The topological polar surface area (TPSA) is 90.9 Å². The van der Waals surface area contributed by atoms with Crippen molar-refractivity contribution in [3.63, 3.8) is 0 Å². The number of nitrogens with zero attached hydrogens (tertiary/aromatic N) is 1. The molecular weight excluding hydrogens is 374 g/mol. The van der Waals surface area contributed by atoms with Crippen molar-refractivity contribution in [1.29, 1.82) is 0 Å². The van der Waals surface area contributed by atoms with Gasteiger partial charge in [0, 0.05) is 17.8 Å². The van der Waals surface area contributed by atoms with Crippen LogP contribution in [0.1, 0.15) is 10.5 Å². The van der Waals surface area contributed by atoms with Gasteiger partial charge in [-0.2, -0.15) is 0 Å². The molecule has 4 rings (SSSR count). The number of carbonyl (C=O) groups is 1. The molecule has 1 aliphatic heterocycles. The Morgan fingerprint density at radius 3 is 2.55 bits per heavy atom. The highest BCUT2D eigenvalue weighted by molar-refractivity contribution is 6.03. The van der Waals surface area contributed by atoms with Crippen molar-refractivity contribution in [2.75, 3.05) is 31.6 Å². The van der Waals surface area contributed by atoms with E-state index in [9.17, 15) is 4.79 Å². The summed E-state index contributed by atoms with van der Waals surface area (Å²) in [6.45, 7) is 0.182. The standard InChI is InChI=1S/C21H19N3O5/c1-26-15-5-7-16(19(10-15)27-2)23-14-3-6-17(22-11-14)21(25)24-13-4-8-18-20(9-13)29-12-28-18/h3-11,23H,12H2,1-2H3,(H,24,25). The first kappa shape index (κ1) is 18.4. The number of benzene rings is 2. The van der Waals surface area contributed by atoms with Crippen LogP contribution in [0.5, 0.6) is 23.0 Å². The van der Waals surface area contributed by atoms with Gasteiger partial charge in [-0.1, -0.05) is 0 Å². The van der Waals surface area contributed by atoms with E-state index in [0.29, 0.717) is 34.4 Å². The first-order valence-corrected chi connectivity index (χ1v) is 8.82. The van der Waals surface area contributed by atoms with Crippen molar-refractivity contribution >= 4 is 23.0 Å². The number of pyridine rings is 1. The van der Waals surface area contributed by atoms with Crippen molar-refractivity contribution in [3.05, 3.63) is 60.4 Å². The van der Waals surface area contributed by atoms with Gasteiger partial charge in [0.05, 0.1) is 31.8 Å². The van der Waals surface area contributed by atoms with Gasteiger partial charge in [0.25, 0.3) is 5.91 Å². The van der Waals surface area contributed by atoms with E-state index < -0.39 is 0 Å². The summed E-state index contributed by atoms with van der Waals surface area (Å²) >= 11 is 0. The fraction of sp³-hybridized carbons (Fsp3) is 0.143. The molecule has 0 atom stereocenters. The van der Waals surface area contributed by atoms with E-state index in [1.54, 1.807) is 56.8 Å². The number of methoxy groups -OCH3 is 2. The molecule has 2 aromatic carbocycles. The third kappa shape index (κ3) is 4.01. The van der Waals surface area contributed by atoms with Crippen LogP contribution in [0.3, 0.4) is 0 Å². The number of aromatic nitrogens is 1. The highest BCUT2D eigenvalue weighted by Crippen LogP contribution is 2.34. The Labute approximate surface area is 167 Å². The molecule has 3 aromatic rings. The fourth-order valence-electron chi connectivity index (χ4n) is 2.83. The molecule has 29 heavy (non-hydrogen) atoms. The van der Waals surface area contributed by atoms with Crippen LogP contribution >= 0.6 is 0 Å². The number of amides is 1. The molecule has 8 heteroatoms. The molecule has 0 bridgehead atoms. The second-order valence-electron chi connectivity index (χ2n) is 6.15. The summed E-state index contributed by atoms with van der Waals surface area (Å²) in [5.74, 6) is 2.27. The van der Waals surface area contributed by atoms with E-state index in [1.807, 2.05) is 12.1 Å². The van der Waals surface area contributed by atoms with Gasteiger partial charge in [-0.05, 0) is 36.4 Å². The molecule has 148 valence electrons. The van der Waals surface area contributed by atoms with Crippen molar-refractivity contribution < 1.29 is 23.7 Å². The lowest BCUT2D eigenvalue weighted by atomic mass is 10.2. The normalized spacial score (nSPS) is 11.7. The van der Waals surface area contributed by atoms with Gasteiger partial charge in [-0.25, -0.2) is 4.98 Å². The van der Waals surface area contributed by atoms with Crippen LogP contribution in [-0.2, 0) is 0 Å². The van der Waals surface area contributed by atoms with Gasteiger partial charge in [0.2, 0.25) is 6.79 Å².